The van der Waals surface area contributed by atoms with Crippen molar-refractivity contribution in [2.45, 2.75) is 12.0 Å². The molecule has 0 aromatic heterocycles. The Balaban J connectivity index is 4.40. The molecule has 15 heavy (non-hydrogen) atoms. The first-order chi connectivity index (χ1) is 6.64. The first kappa shape index (κ1) is 13.8. The molecule has 0 atom stereocenters. The van der Waals surface area contributed by atoms with Crippen LogP contribution in [0.1, 0.15) is 0 Å². The van der Waals surface area contributed by atoms with E-state index in [0.29, 0.717) is 0 Å². The smallest absolute Gasteiger partial charge is 0.452 e. The molecule has 0 rings (SSSR count). The summed E-state index contributed by atoms with van der Waals surface area (Å²) < 4.78 is 74.6. The lowest BCUT2D eigenvalue weighted by Crippen LogP contribution is -2.45. The number of carbonyl (C=O) groups excluding carboxylic acids is 1. The maximum absolute atomic E-state index is 12.3. The minimum atomic E-state index is -5.47. The maximum atomic E-state index is 12.3. The van der Waals surface area contributed by atoms with Crippen molar-refractivity contribution in [3.8, 4) is 0 Å². The van der Waals surface area contributed by atoms with Gasteiger partial charge >= 0.3 is 18.0 Å². The van der Waals surface area contributed by atoms with E-state index in [0.717, 1.165) is 0 Å². The molecule has 0 unspecified atom stereocenters. The molecule has 0 fully saturated rings. The van der Waals surface area contributed by atoms with Crippen molar-refractivity contribution in [2.75, 3.05) is 6.61 Å². The lowest BCUT2D eigenvalue weighted by molar-refractivity contribution is -0.427. The third-order valence-electron chi connectivity index (χ3n) is 1.13. The standard InChI is InChI=1S/C6H4F6O3/c1-3(7)4(13)14-2-5(8,9)6(10,11)15-12/h1-2H2. The Labute approximate surface area is 79.2 Å². The summed E-state index contributed by atoms with van der Waals surface area (Å²) >= 11 is 0. The van der Waals surface area contributed by atoms with Crippen molar-refractivity contribution in [3.05, 3.63) is 12.4 Å². The van der Waals surface area contributed by atoms with Gasteiger partial charge in [0.1, 0.15) is 0 Å². The second-order valence-corrected chi connectivity index (χ2v) is 2.28. The molecule has 0 amide bonds. The van der Waals surface area contributed by atoms with Crippen molar-refractivity contribution in [1.82, 2.24) is 0 Å². The molecule has 0 saturated carbocycles. The monoisotopic (exact) mass is 238 g/mol. The van der Waals surface area contributed by atoms with E-state index in [-0.39, 0.29) is 0 Å². The topological polar surface area (TPSA) is 35.5 Å². The van der Waals surface area contributed by atoms with Crippen molar-refractivity contribution < 1.29 is 41.0 Å². The van der Waals surface area contributed by atoms with Crippen LogP contribution in [0, 0.1) is 0 Å². The van der Waals surface area contributed by atoms with E-state index >= 15 is 0 Å². The molecule has 0 aliphatic rings. The van der Waals surface area contributed by atoms with Gasteiger partial charge in [-0.3, -0.25) is 0 Å². The number of ether oxygens (including phenoxy) is 1. The summed E-state index contributed by atoms with van der Waals surface area (Å²) in [5, 5.41) is 0. The summed E-state index contributed by atoms with van der Waals surface area (Å²) in [6.45, 7) is 0.115. The lowest BCUT2D eigenvalue weighted by atomic mass is 10.3. The van der Waals surface area contributed by atoms with Gasteiger partial charge in [0.05, 0.1) is 0 Å². The van der Waals surface area contributed by atoms with Gasteiger partial charge in [0.25, 0.3) is 0 Å². The Bertz CT molecular complexity index is 264. The summed E-state index contributed by atoms with van der Waals surface area (Å²) in [7, 11) is 0. The third kappa shape index (κ3) is 3.42. The van der Waals surface area contributed by atoms with Crippen molar-refractivity contribution >= 4 is 5.97 Å². The van der Waals surface area contributed by atoms with Gasteiger partial charge in [-0.2, -0.15) is 22.0 Å². The highest BCUT2D eigenvalue weighted by Gasteiger charge is 2.60. The number of rotatable bonds is 5. The van der Waals surface area contributed by atoms with Crippen LogP contribution in [0.5, 0.6) is 0 Å². The van der Waals surface area contributed by atoms with E-state index < -0.39 is 30.4 Å². The van der Waals surface area contributed by atoms with Crippen LogP contribution in [0.15, 0.2) is 12.4 Å². The molecule has 0 aliphatic carbocycles. The molecule has 0 aromatic rings. The molecule has 9 heteroatoms. The summed E-state index contributed by atoms with van der Waals surface area (Å²) in [4.78, 5) is 11.9. The highest BCUT2D eigenvalue weighted by molar-refractivity contribution is 5.85. The summed E-state index contributed by atoms with van der Waals surface area (Å²) in [6.07, 6.45) is -5.47. The molecule has 0 aliphatic heterocycles. The fourth-order valence-corrected chi connectivity index (χ4v) is 0.375. The summed E-state index contributed by atoms with van der Waals surface area (Å²) in [5.74, 6) is -8.83. The SMILES string of the molecule is C=C(F)C(=O)OCC(F)(F)C(F)(F)OF. The van der Waals surface area contributed by atoms with Gasteiger partial charge in [-0.25, -0.2) is 4.79 Å². The normalized spacial score (nSPS) is 12.4. The van der Waals surface area contributed by atoms with Gasteiger partial charge < -0.3 is 4.74 Å². The molecule has 0 saturated heterocycles. The van der Waals surface area contributed by atoms with Gasteiger partial charge in [-0.05, 0) is 4.53 Å². The quantitative estimate of drug-likeness (QED) is 0.418. The van der Waals surface area contributed by atoms with E-state index in [4.69, 9.17) is 0 Å². The number of hydrogen-bond acceptors (Lipinski definition) is 3. The van der Waals surface area contributed by atoms with Crippen LogP contribution in [0.2, 0.25) is 0 Å². The molecule has 0 N–H and O–H groups in total. The minimum absolute atomic E-state index is 1.70. The van der Waals surface area contributed by atoms with E-state index in [9.17, 15) is 31.3 Å². The number of carbonyl (C=O) groups is 1. The van der Waals surface area contributed by atoms with Gasteiger partial charge in [0.2, 0.25) is 5.83 Å². The van der Waals surface area contributed by atoms with Crippen molar-refractivity contribution in [2.24, 2.45) is 0 Å². The number of halogens is 6. The molecule has 0 heterocycles. The first-order valence-electron chi connectivity index (χ1n) is 3.21. The predicted molar refractivity (Wildman–Crippen MR) is 33.3 cm³/mol. The Morgan fingerprint density at radius 1 is 1.27 bits per heavy atom. The molecule has 3 nitrogen and oxygen atoms in total. The van der Waals surface area contributed by atoms with Gasteiger partial charge in [0, 0.05) is 0 Å². The molecular weight excluding hydrogens is 234 g/mol. The summed E-state index contributed by atoms with van der Waals surface area (Å²) in [6, 6.07) is 0. The highest BCUT2D eigenvalue weighted by Crippen LogP contribution is 2.35. The van der Waals surface area contributed by atoms with Crippen molar-refractivity contribution in [1.29, 1.82) is 0 Å². The van der Waals surface area contributed by atoms with E-state index in [2.05, 4.69) is 11.3 Å². The second kappa shape index (κ2) is 4.51. The molecule has 0 spiro atoms. The van der Waals surface area contributed by atoms with Crippen LogP contribution in [0.4, 0.5) is 26.5 Å². The highest BCUT2D eigenvalue weighted by atomic mass is 19.4. The van der Waals surface area contributed by atoms with Gasteiger partial charge in [-0.1, -0.05) is 6.58 Å². The number of esters is 1. The Kier molecular flexibility index (Phi) is 4.14. The Hall–Kier alpha value is -1.25. The number of hydrogen-bond donors (Lipinski definition) is 0. The van der Waals surface area contributed by atoms with Crippen LogP contribution in [-0.4, -0.2) is 24.6 Å². The summed E-state index contributed by atoms with van der Waals surface area (Å²) in [5.41, 5.74) is 0. The van der Waals surface area contributed by atoms with Crippen molar-refractivity contribution in [3.63, 3.8) is 0 Å². The van der Waals surface area contributed by atoms with Crippen LogP contribution < -0.4 is 0 Å². The fourth-order valence-electron chi connectivity index (χ4n) is 0.375. The molecule has 0 aromatic carbocycles. The molecule has 0 radical (unpaired) electrons. The Morgan fingerprint density at radius 3 is 2.07 bits per heavy atom. The number of alkyl halides is 4. The maximum Gasteiger partial charge on any atom is 0.452 e. The van der Waals surface area contributed by atoms with Crippen LogP contribution in [0.3, 0.4) is 0 Å². The second-order valence-electron chi connectivity index (χ2n) is 2.28. The van der Waals surface area contributed by atoms with Crippen LogP contribution >= 0.6 is 0 Å². The average molecular weight is 238 g/mol. The Morgan fingerprint density at radius 2 is 1.73 bits per heavy atom. The van der Waals surface area contributed by atoms with Crippen LogP contribution in [-0.2, 0) is 14.5 Å². The van der Waals surface area contributed by atoms with Gasteiger partial charge in [-0.15, -0.1) is 4.94 Å². The fraction of sp³-hybridized carbons (Fsp3) is 0.500. The van der Waals surface area contributed by atoms with E-state index in [1.165, 1.54) is 0 Å². The van der Waals surface area contributed by atoms with E-state index in [1.54, 1.807) is 4.94 Å². The molecular formula is C6H4F6O3. The largest absolute Gasteiger partial charge is 0.454 e. The molecule has 0 bridgehead atoms. The first-order valence-corrected chi connectivity index (χ1v) is 3.21. The zero-order valence-corrected chi connectivity index (χ0v) is 6.91. The zero-order valence-electron chi connectivity index (χ0n) is 6.91. The van der Waals surface area contributed by atoms with Gasteiger partial charge in [0.15, 0.2) is 6.61 Å². The van der Waals surface area contributed by atoms with E-state index in [1.807, 2.05) is 0 Å². The zero-order chi connectivity index (χ0) is 12.3. The average Bonchev–Trinajstić information content (AvgIpc) is 2.13. The predicted octanol–water partition coefficient (Wildman–Crippen LogP) is 2.14. The molecule has 88 valence electrons. The van der Waals surface area contributed by atoms with Crippen LogP contribution in [0.25, 0.3) is 0 Å². The minimum Gasteiger partial charge on any atom is -0.454 e. The third-order valence-corrected chi connectivity index (χ3v) is 1.13. The lowest BCUT2D eigenvalue weighted by Gasteiger charge is -2.21.